The molecular weight excluding hydrogens is 236 g/mol. The van der Waals surface area contributed by atoms with Crippen molar-refractivity contribution in [3.63, 3.8) is 0 Å². The van der Waals surface area contributed by atoms with Crippen LogP contribution in [0.15, 0.2) is 54.9 Å². The molecule has 1 aliphatic rings. The molecule has 4 rings (SSSR count). The molecule has 0 fully saturated rings. The Hall–Kier alpha value is -2.55. The second kappa shape index (κ2) is 3.72. The summed E-state index contributed by atoms with van der Waals surface area (Å²) in [5.74, 6) is 1.73. The predicted octanol–water partition coefficient (Wildman–Crippen LogP) is 3.86. The summed E-state index contributed by atoms with van der Waals surface area (Å²) in [5.41, 5.74) is 4.19. The molecule has 0 aliphatic carbocycles. The highest BCUT2D eigenvalue weighted by molar-refractivity contribution is 5.86. The van der Waals surface area contributed by atoms with Crippen molar-refractivity contribution in [2.24, 2.45) is 7.05 Å². The number of para-hydroxylation sites is 2. The van der Waals surface area contributed by atoms with E-state index in [2.05, 4.69) is 11.1 Å². The molecule has 2 aromatic carbocycles. The van der Waals surface area contributed by atoms with Crippen LogP contribution in [-0.4, -0.2) is 9.55 Å². The Morgan fingerprint density at radius 3 is 2.32 bits per heavy atom. The van der Waals surface area contributed by atoms with Gasteiger partial charge in [0.05, 0.1) is 12.0 Å². The molecule has 0 N–H and O–H groups in total. The number of hydrogen-bond acceptors (Lipinski definition) is 2. The summed E-state index contributed by atoms with van der Waals surface area (Å²) in [7, 11) is 2.01. The van der Waals surface area contributed by atoms with Crippen molar-refractivity contribution in [2.75, 3.05) is 0 Å². The summed E-state index contributed by atoms with van der Waals surface area (Å²) in [4.78, 5) is 4.54. The minimum atomic E-state index is 0.854. The molecule has 92 valence electrons. The van der Waals surface area contributed by atoms with Gasteiger partial charge in [0.15, 0.2) is 0 Å². The number of rotatable bonds is 0. The van der Waals surface area contributed by atoms with Crippen LogP contribution in [0.5, 0.6) is 11.5 Å². The molecule has 1 aromatic heterocycles. The largest absolute Gasteiger partial charge is 0.456 e. The van der Waals surface area contributed by atoms with Crippen molar-refractivity contribution in [1.82, 2.24) is 9.55 Å². The van der Waals surface area contributed by atoms with Gasteiger partial charge >= 0.3 is 0 Å². The number of hydrogen-bond donors (Lipinski definition) is 0. The quantitative estimate of drug-likeness (QED) is 0.472. The van der Waals surface area contributed by atoms with Crippen molar-refractivity contribution >= 4 is 0 Å². The summed E-state index contributed by atoms with van der Waals surface area (Å²) in [6.07, 6.45) is 1.85. The van der Waals surface area contributed by atoms with Crippen LogP contribution in [0, 0.1) is 0 Å². The van der Waals surface area contributed by atoms with Crippen LogP contribution < -0.4 is 4.74 Å². The second-order valence-corrected chi connectivity index (χ2v) is 4.65. The number of ether oxygens (including phenoxy) is 1. The molecule has 0 atom stereocenters. The predicted molar refractivity (Wildman–Crippen MR) is 74.2 cm³/mol. The summed E-state index contributed by atoms with van der Waals surface area (Å²) in [5, 5.41) is 0. The second-order valence-electron chi connectivity index (χ2n) is 4.65. The van der Waals surface area contributed by atoms with Crippen molar-refractivity contribution in [3.05, 3.63) is 54.9 Å². The molecule has 3 nitrogen and oxygen atoms in total. The van der Waals surface area contributed by atoms with Crippen LogP contribution in [0.25, 0.3) is 22.5 Å². The van der Waals surface area contributed by atoms with Gasteiger partial charge in [0.2, 0.25) is 0 Å². The Kier molecular flexibility index (Phi) is 2.03. The van der Waals surface area contributed by atoms with Crippen LogP contribution >= 0.6 is 0 Å². The molecule has 1 aliphatic heterocycles. The summed E-state index contributed by atoms with van der Waals surface area (Å²) in [6.45, 7) is 0. The first-order valence-corrected chi connectivity index (χ1v) is 6.22. The van der Waals surface area contributed by atoms with Crippen molar-refractivity contribution < 1.29 is 4.74 Å². The maximum absolute atomic E-state index is 6.04. The Morgan fingerprint density at radius 1 is 0.895 bits per heavy atom. The molecule has 3 aromatic rings. The molecular formula is C16H12N2O. The van der Waals surface area contributed by atoms with E-state index in [1.807, 2.05) is 60.4 Å². The zero-order chi connectivity index (χ0) is 12.8. The van der Waals surface area contributed by atoms with E-state index in [0.717, 1.165) is 34.0 Å². The Bertz CT molecular complexity index is 774. The summed E-state index contributed by atoms with van der Waals surface area (Å²) >= 11 is 0. The fourth-order valence-electron chi connectivity index (χ4n) is 2.57. The van der Waals surface area contributed by atoms with Crippen molar-refractivity contribution in [2.45, 2.75) is 0 Å². The average molecular weight is 248 g/mol. The Balaban J connectivity index is 2.14. The molecule has 0 spiro atoms. The fraction of sp³-hybridized carbons (Fsp3) is 0.0625. The van der Waals surface area contributed by atoms with Gasteiger partial charge < -0.3 is 9.30 Å². The first kappa shape index (κ1) is 10.4. The third-order valence-corrected chi connectivity index (χ3v) is 3.44. The first-order valence-electron chi connectivity index (χ1n) is 6.22. The molecule has 0 saturated heterocycles. The fourth-order valence-corrected chi connectivity index (χ4v) is 2.57. The van der Waals surface area contributed by atoms with E-state index < -0.39 is 0 Å². The van der Waals surface area contributed by atoms with Crippen LogP contribution in [0.2, 0.25) is 0 Å². The van der Waals surface area contributed by atoms with Gasteiger partial charge in [-0.2, -0.15) is 0 Å². The number of nitrogens with zero attached hydrogens (tertiary/aromatic N) is 2. The lowest BCUT2D eigenvalue weighted by molar-refractivity contribution is 0.487. The smallest absolute Gasteiger partial charge is 0.136 e. The lowest BCUT2D eigenvalue weighted by atomic mass is 10.1. The highest BCUT2D eigenvalue weighted by Gasteiger charge is 2.23. The van der Waals surface area contributed by atoms with Gasteiger partial charge in [-0.05, 0) is 24.3 Å². The van der Waals surface area contributed by atoms with Crippen LogP contribution in [0.1, 0.15) is 0 Å². The van der Waals surface area contributed by atoms with Gasteiger partial charge in [-0.25, -0.2) is 4.98 Å². The summed E-state index contributed by atoms with van der Waals surface area (Å²) in [6, 6.07) is 16.1. The van der Waals surface area contributed by atoms with Crippen LogP contribution in [0.4, 0.5) is 0 Å². The van der Waals surface area contributed by atoms with Gasteiger partial charge in [0.25, 0.3) is 0 Å². The lowest BCUT2D eigenvalue weighted by Gasteiger charge is -2.08. The van der Waals surface area contributed by atoms with Gasteiger partial charge in [0.1, 0.15) is 17.2 Å². The topological polar surface area (TPSA) is 27.1 Å². The average Bonchev–Trinajstić information content (AvgIpc) is 2.75. The van der Waals surface area contributed by atoms with E-state index in [0.29, 0.717) is 0 Å². The van der Waals surface area contributed by atoms with E-state index in [1.165, 1.54) is 0 Å². The highest BCUT2D eigenvalue weighted by atomic mass is 16.5. The highest BCUT2D eigenvalue weighted by Crippen LogP contribution is 2.45. The third kappa shape index (κ3) is 1.41. The van der Waals surface area contributed by atoms with Gasteiger partial charge in [-0.15, -0.1) is 0 Å². The molecule has 0 unspecified atom stereocenters. The molecule has 0 saturated carbocycles. The minimum absolute atomic E-state index is 0.854. The van der Waals surface area contributed by atoms with E-state index in [9.17, 15) is 0 Å². The molecule has 0 amide bonds. The molecule has 3 heteroatoms. The zero-order valence-corrected chi connectivity index (χ0v) is 10.5. The monoisotopic (exact) mass is 248 g/mol. The molecule has 0 bridgehead atoms. The first-order chi connectivity index (χ1) is 9.34. The van der Waals surface area contributed by atoms with E-state index >= 15 is 0 Å². The van der Waals surface area contributed by atoms with Crippen LogP contribution in [-0.2, 0) is 7.05 Å². The minimum Gasteiger partial charge on any atom is -0.456 e. The maximum Gasteiger partial charge on any atom is 0.136 e. The SMILES string of the molecule is Cn1cnc2c1-c1ccccc1Oc1ccccc1-2. The van der Waals surface area contributed by atoms with E-state index in [1.54, 1.807) is 0 Å². The molecule has 0 radical (unpaired) electrons. The van der Waals surface area contributed by atoms with Crippen molar-refractivity contribution in [3.8, 4) is 34.0 Å². The third-order valence-electron chi connectivity index (χ3n) is 3.44. The number of aryl methyl sites for hydroxylation is 1. The Morgan fingerprint density at radius 2 is 1.53 bits per heavy atom. The zero-order valence-electron chi connectivity index (χ0n) is 10.5. The molecule has 2 heterocycles. The number of fused-ring (bicyclic) bond motifs is 5. The maximum atomic E-state index is 6.04. The summed E-state index contributed by atoms with van der Waals surface area (Å²) < 4.78 is 8.09. The van der Waals surface area contributed by atoms with Gasteiger partial charge in [-0.3, -0.25) is 0 Å². The Labute approximate surface area is 111 Å². The number of imidazole rings is 1. The van der Waals surface area contributed by atoms with Crippen LogP contribution in [0.3, 0.4) is 0 Å². The van der Waals surface area contributed by atoms with E-state index in [4.69, 9.17) is 4.74 Å². The van der Waals surface area contributed by atoms with Crippen molar-refractivity contribution in [1.29, 1.82) is 0 Å². The number of benzene rings is 2. The van der Waals surface area contributed by atoms with Gasteiger partial charge in [0, 0.05) is 18.2 Å². The van der Waals surface area contributed by atoms with Gasteiger partial charge in [-0.1, -0.05) is 24.3 Å². The normalized spacial score (nSPS) is 11.8. The van der Waals surface area contributed by atoms with E-state index in [-0.39, 0.29) is 0 Å². The number of aromatic nitrogens is 2. The standard InChI is InChI=1S/C16H12N2O/c1-18-10-17-15-11-6-2-4-8-13(11)19-14-9-5-3-7-12(14)16(15)18/h2-10H,1H3. The lowest BCUT2D eigenvalue weighted by Crippen LogP contribution is -1.91. The molecule has 19 heavy (non-hydrogen) atoms.